The normalized spacial score (nSPS) is 12.4. The molecule has 0 aliphatic heterocycles. The van der Waals surface area contributed by atoms with E-state index >= 15 is 0 Å². The van der Waals surface area contributed by atoms with E-state index in [1.165, 1.54) is 0 Å². The Morgan fingerprint density at radius 2 is 2.04 bits per heavy atom. The Balaban J connectivity index is 1.69. The molecule has 1 atom stereocenters. The van der Waals surface area contributed by atoms with Gasteiger partial charge < -0.3 is 5.32 Å². The zero-order valence-electron chi connectivity index (χ0n) is 15.9. The number of nitrogens with one attached hydrogen (secondary N) is 1. The van der Waals surface area contributed by atoms with Crippen molar-refractivity contribution in [1.29, 1.82) is 0 Å². The topological polar surface area (TPSA) is 86.3 Å². The second kappa shape index (κ2) is 6.79. The average Bonchev–Trinajstić information content (AvgIpc) is 3.17. The molecule has 4 aromatic heterocycles. The number of pyridine rings is 1. The minimum atomic E-state index is 0.128. The number of hydrogen-bond acceptors (Lipinski definition) is 6. The van der Waals surface area contributed by atoms with E-state index in [1.807, 2.05) is 30.8 Å². The molecule has 1 N–H and O–H groups in total. The van der Waals surface area contributed by atoms with Crippen molar-refractivity contribution < 1.29 is 0 Å². The van der Waals surface area contributed by atoms with Crippen LogP contribution >= 0.6 is 0 Å². The highest BCUT2D eigenvalue weighted by Crippen LogP contribution is 2.24. The van der Waals surface area contributed by atoms with Crippen molar-refractivity contribution in [2.24, 2.45) is 7.05 Å². The molecule has 0 amide bonds. The lowest BCUT2D eigenvalue weighted by Crippen LogP contribution is -2.24. The molecule has 0 aliphatic carbocycles. The quantitative estimate of drug-likeness (QED) is 0.587. The van der Waals surface area contributed by atoms with Gasteiger partial charge in [-0.15, -0.1) is 0 Å². The third-order valence-electron chi connectivity index (χ3n) is 4.45. The maximum Gasteiger partial charge on any atom is 0.165 e. The summed E-state index contributed by atoms with van der Waals surface area (Å²) < 4.78 is 3.77. The molecule has 0 bridgehead atoms. The predicted molar refractivity (Wildman–Crippen MR) is 104 cm³/mol. The minimum Gasteiger partial charge on any atom is -0.365 e. The van der Waals surface area contributed by atoms with Crippen molar-refractivity contribution in [2.45, 2.75) is 33.4 Å². The van der Waals surface area contributed by atoms with Crippen LogP contribution < -0.4 is 5.32 Å². The fourth-order valence-electron chi connectivity index (χ4n) is 3.15. The van der Waals surface area contributed by atoms with Crippen molar-refractivity contribution in [3.63, 3.8) is 0 Å². The van der Waals surface area contributed by atoms with Crippen LogP contribution in [0.4, 0.5) is 5.82 Å². The standard InChI is InChI=1S/C19H22N8/c1-12-8-14(3)27(25-12)11-13(2)22-18-16-10-21-26(4)19(16)24-17(23-18)15-6-5-7-20-9-15/h5-10,13H,11H2,1-4H3,(H,22,23,24)/t13-/m1/s1. The van der Waals surface area contributed by atoms with Crippen molar-refractivity contribution in [1.82, 2.24) is 34.5 Å². The summed E-state index contributed by atoms with van der Waals surface area (Å²) in [7, 11) is 1.88. The van der Waals surface area contributed by atoms with Crippen LogP contribution in [-0.4, -0.2) is 40.6 Å². The van der Waals surface area contributed by atoms with Gasteiger partial charge in [-0.3, -0.25) is 14.3 Å². The number of nitrogens with zero attached hydrogens (tertiary/aromatic N) is 7. The molecule has 0 radical (unpaired) electrons. The first kappa shape index (κ1) is 17.1. The first-order valence-electron chi connectivity index (χ1n) is 8.89. The molecule has 27 heavy (non-hydrogen) atoms. The molecule has 8 nitrogen and oxygen atoms in total. The van der Waals surface area contributed by atoms with Crippen molar-refractivity contribution in [3.8, 4) is 11.4 Å². The summed E-state index contributed by atoms with van der Waals surface area (Å²) in [6.07, 6.45) is 5.29. The zero-order valence-corrected chi connectivity index (χ0v) is 15.9. The van der Waals surface area contributed by atoms with E-state index in [2.05, 4.69) is 45.4 Å². The molecule has 8 heteroatoms. The lowest BCUT2D eigenvalue weighted by Gasteiger charge is -2.17. The van der Waals surface area contributed by atoms with Crippen LogP contribution in [0.3, 0.4) is 0 Å². The Morgan fingerprint density at radius 3 is 2.74 bits per heavy atom. The van der Waals surface area contributed by atoms with Gasteiger partial charge in [0.05, 0.1) is 23.8 Å². The molecule has 0 aromatic carbocycles. The summed E-state index contributed by atoms with van der Waals surface area (Å²) in [5.41, 5.74) is 3.82. The monoisotopic (exact) mass is 362 g/mol. The Kier molecular flexibility index (Phi) is 4.31. The van der Waals surface area contributed by atoms with Crippen molar-refractivity contribution in [3.05, 3.63) is 48.2 Å². The van der Waals surface area contributed by atoms with Gasteiger partial charge in [-0.1, -0.05) is 0 Å². The van der Waals surface area contributed by atoms with Gasteiger partial charge >= 0.3 is 0 Å². The van der Waals surface area contributed by atoms with E-state index in [0.717, 1.165) is 40.3 Å². The zero-order chi connectivity index (χ0) is 19.0. The molecule has 0 spiro atoms. The van der Waals surface area contributed by atoms with Gasteiger partial charge in [0, 0.05) is 36.7 Å². The van der Waals surface area contributed by atoms with E-state index in [1.54, 1.807) is 23.3 Å². The third kappa shape index (κ3) is 3.38. The van der Waals surface area contributed by atoms with E-state index in [4.69, 9.17) is 4.98 Å². The summed E-state index contributed by atoms with van der Waals surface area (Å²) in [5.74, 6) is 1.39. The maximum absolute atomic E-state index is 4.75. The highest BCUT2D eigenvalue weighted by atomic mass is 15.3. The van der Waals surface area contributed by atoms with Gasteiger partial charge in [0.15, 0.2) is 11.5 Å². The largest absolute Gasteiger partial charge is 0.365 e. The lowest BCUT2D eigenvalue weighted by molar-refractivity contribution is 0.545. The van der Waals surface area contributed by atoms with Crippen LogP contribution in [0.15, 0.2) is 36.8 Å². The van der Waals surface area contributed by atoms with E-state index < -0.39 is 0 Å². The fraction of sp³-hybridized carbons (Fsp3) is 0.316. The second-order valence-corrected chi connectivity index (χ2v) is 6.80. The molecular formula is C19H22N8. The summed E-state index contributed by atoms with van der Waals surface area (Å²) in [4.78, 5) is 13.6. The smallest absolute Gasteiger partial charge is 0.165 e. The van der Waals surface area contributed by atoms with E-state index in [-0.39, 0.29) is 6.04 Å². The number of rotatable bonds is 5. The van der Waals surface area contributed by atoms with Crippen LogP contribution in [0, 0.1) is 13.8 Å². The number of aryl methyl sites for hydroxylation is 3. The first-order valence-corrected chi connectivity index (χ1v) is 8.89. The molecule has 0 aliphatic rings. The van der Waals surface area contributed by atoms with Crippen molar-refractivity contribution >= 4 is 16.9 Å². The molecular weight excluding hydrogens is 340 g/mol. The fourth-order valence-corrected chi connectivity index (χ4v) is 3.15. The van der Waals surface area contributed by atoms with Gasteiger partial charge in [-0.25, -0.2) is 9.97 Å². The maximum atomic E-state index is 4.75. The predicted octanol–water partition coefficient (Wildman–Crippen LogP) is 2.74. The van der Waals surface area contributed by atoms with Crippen LogP contribution in [0.5, 0.6) is 0 Å². The molecule has 4 heterocycles. The highest BCUT2D eigenvalue weighted by Gasteiger charge is 2.15. The molecule has 0 saturated heterocycles. The Labute approximate surface area is 157 Å². The van der Waals surface area contributed by atoms with E-state index in [0.29, 0.717) is 5.82 Å². The van der Waals surface area contributed by atoms with Crippen molar-refractivity contribution in [2.75, 3.05) is 5.32 Å². The molecule has 0 fully saturated rings. The number of fused-ring (bicyclic) bond motifs is 1. The average molecular weight is 362 g/mol. The summed E-state index contributed by atoms with van der Waals surface area (Å²) >= 11 is 0. The van der Waals surface area contributed by atoms with Crippen LogP contribution in [0.25, 0.3) is 22.4 Å². The Bertz CT molecular complexity index is 1080. The third-order valence-corrected chi connectivity index (χ3v) is 4.45. The van der Waals surface area contributed by atoms with Gasteiger partial charge in [0.1, 0.15) is 5.82 Å². The van der Waals surface area contributed by atoms with Gasteiger partial charge in [0.25, 0.3) is 0 Å². The Hall–Kier alpha value is -3.29. The second-order valence-electron chi connectivity index (χ2n) is 6.80. The van der Waals surface area contributed by atoms with Crippen LogP contribution in [0.1, 0.15) is 18.3 Å². The molecule has 4 aromatic rings. The highest BCUT2D eigenvalue weighted by molar-refractivity contribution is 5.88. The summed E-state index contributed by atoms with van der Waals surface area (Å²) in [6.45, 7) is 6.93. The lowest BCUT2D eigenvalue weighted by atomic mass is 10.2. The van der Waals surface area contributed by atoms with Gasteiger partial charge in [-0.2, -0.15) is 10.2 Å². The van der Waals surface area contributed by atoms with Gasteiger partial charge in [-0.05, 0) is 39.0 Å². The van der Waals surface area contributed by atoms with E-state index in [9.17, 15) is 0 Å². The molecule has 138 valence electrons. The summed E-state index contributed by atoms with van der Waals surface area (Å²) in [5, 5.41) is 13.3. The molecule has 4 rings (SSSR count). The SMILES string of the molecule is Cc1cc(C)n(C[C@@H](C)Nc2nc(-c3cccnc3)nc3c2cnn3C)n1. The minimum absolute atomic E-state index is 0.128. The summed E-state index contributed by atoms with van der Waals surface area (Å²) in [6, 6.07) is 6.04. The first-order chi connectivity index (χ1) is 13.0. The molecule has 0 saturated carbocycles. The number of aromatic nitrogens is 7. The number of hydrogen-bond donors (Lipinski definition) is 1. The van der Waals surface area contributed by atoms with Crippen LogP contribution in [0.2, 0.25) is 0 Å². The number of anilines is 1. The van der Waals surface area contributed by atoms with Crippen LogP contribution in [-0.2, 0) is 13.6 Å². The van der Waals surface area contributed by atoms with Gasteiger partial charge in [0.2, 0.25) is 0 Å². The Morgan fingerprint density at radius 1 is 1.19 bits per heavy atom. The molecule has 0 unspecified atom stereocenters.